The maximum Gasteiger partial charge on any atom is 0.332 e. The van der Waals surface area contributed by atoms with Gasteiger partial charge >= 0.3 is 5.69 Å². The number of fused-ring (bicyclic) bond motifs is 1. The van der Waals surface area contributed by atoms with Crippen molar-refractivity contribution in [1.82, 2.24) is 28.5 Å². The molecule has 3 aromatic rings. The van der Waals surface area contributed by atoms with Gasteiger partial charge in [-0.1, -0.05) is 0 Å². The van der Waals surface area contributed by atoms with Crippen LogP contribution in [0.1, 0.15) is 36.8 Å². The summed E-state index contributed by atoms with van der Waals surface area (Å²) < 4.78 is 5.49. The topological polar surface area (TPSA) is 123 Å². The number of aromatic nitrogens is 6. The van der Waals surface area contributed by atoms with Crippen molar-refractivity contribution >= 4 is 17.1 Å². The molecular weight excluding hydrogens is 350 g/mol. The Hall–Kier alpha value is -3.17. The van der Waals surface area contributed by atoms with Crippen LogP contribution in [-0.4, -0.2) is 34.4 Å². The SMILES string of the molecule is Cc1nn(-c2nc3c(c(=O)n(CC(N)=O)c(=O)n3C)n2C(C)C)c(C)c1C. The van der Waals surface area contributed by atoms with Crippen molar-refractivity contribution in [1.29, 1.82) is 0 Å². The van der Waals surface area contributed by atoms with E-state index in [4.69, 9.17) is 5.73 Å². The molecule has 0 fully saturated rings. The van der Waals surface area contributed by atoms with Crippen molar-refractivity contribution in [3.05, 3.63) is 37.8 Å². The molecule has 10 heteroatoms. The zero-order valence-electron chi connectivity index (χ0n) is 16.3. The molecule has 144 valence electrons. The van der Waals surface area contributed by atoms with Crippen LogP contribution in [0.5, 0.6) is 0 Å². The molecule has 27 heavy (non-hydrogen) atoms. The number of amides is 1. The average molecular weight is 373 g/mol. The van der Waals surface area contributed by atoms with Crippen LogP contribution in [0.15, 0.2) is 9.59 Å². The van der Waals surface area contributed by atoms with Gasteiger partial charge < -0.3 is 5.73 Å². The summed E-state index contributed by atoms with van der Waals surface area (Å²) in [5.41, 5.74) is 7.21. The fourth-order valence-corrected chi connectivity index (χ4v) is 3.18. The van der Waals surface area contributed by atoms with Gasteiger partial charge in [-0.3, -0.25) is 18.7 Å². The number of carbonyl (C=O) groups is 1. The number of hydrogen-bond donors (Lipinski definition) is 1. The zero-order chi connectivity index (χ0) is 20.2. The molecule has 0 atom stereocenters. The van der Waals surface area contributed by atoms with Gasteiger partial charge in [0, 0.05) is 18.8 Å². The van der Waals surface area contributed by atoms with E-state index >= 15 is 0 Å². The number of nitrogens with zero attached hydrogens (tertiary/aromatic N) is 6. The summed E-state index contributed by atoms with van der Waals surface area (Å²) in [7, 11) is 1.51. The van der Waals surface area contributed by atoms with Crippen LogP contribution in [0.2, 0.25) is 0 Å². The molecule has 0 bridgehead atoms. The predicted molar refractivity (Wildman–Crippen MR) is 100 cm³/mol. The van der Waals surface area contributed by atoms with Gasteiger partial charge in [-0.25, -0.2) is 14.0 Å². The van der Waals surface area contributed by atoms with Crippen LogP contribution >= 0.6 is 0 Å². The number of rotatable bonds is 4. The highest BCUT2D eigenvalue weighted by atomic mass is 16.2. The lowest BCUT2D eigenvalue weighted by Crippen LogP contribution is -2.42. The molecule has 3 heterocycles. The fourth-order valence-electron chi connectivity index (χ4n) is 3.18. The number of primary amides is 1. The van der Waals surface area contributed by atoms with Gasteiger partial charge in [-0.05, 0) is 40.2 Å². The van der Waals surface area contributed by atoms with Crippen molar-refractivity contribution in [2.24, 2.45) is 12.8 Å². The first kappa shape index (κ1) is 18.6. The van der Waals surface area contributed by atoms with E-state index in [-0.39, 0.29) is 17.2 Å². The molecule has 0 saturated carbocycles. The molecule has 3 rings (SSSR count). The Morgan fingerprint density at radius 3 is 2.30 bits per heavy atom. The van der Waals surface area contributed by atoms with Gasteiger partial charge in [0.15, 0.2) is 11.2 Å². The Kier molecular flexibility index (Phi) is 4.29. The number of imidazole rings is 1. The summed E-state index contributed by atoms with van der Waals surface area (Å²) in [6.45, 7) is 9.12. The molecule has 3 aromatic heterocycles. The molecule has 1 amide bonds. The van der Waals surface area contributed by atoms with E-state index in [0.717, 1.165) is 21.5 Å². The van der Waals surface area contributed by atoms with Crippen molar-refractivity contribution in [2.75, 3.05) is 0 Å². The molecule has 0 aliphatic carbocycles. The normalized spacial score (nSPS) is 11.7. The second kappa shape index (κ2) is 6.22. The quantitative estimate of drug-likeness (QED) is 0.693. The van der Waals surface area contributed by atoms with E-state index in [0.29, 0.717) is 5.95 Å². The molecule has 0 aromatic carbocycles. The van der Waals surface area contributed by atoms with Crippen molar-refractivity contribution in [3.8, 4) is 5.95 Å². The molecule has 0 aliphatic rings. The molecular formula is C17H23N7O3. The second-order valence-electron chi connectivity index (χ2n) is 6.95. The molecule has 10 nitrogen and oxygen atoms in total. The van der Waals surface area contributed by atoms with Crippen molar-refractivity contribution in [2.45, 2.75) is 47.2 Å². The highest BCUT2D eigenvalue weighted by Gasteiger charge is 2.24. The van der Waals surface area contributed by atoms with E-state index in [2.05, 4.69) is 10.1 Å². The fraction of sp³-hybridized carbons (Fsp3) is 0.471. The molecule has 0 saturated heterocycles. The van der Waals surface area contributed by atoms with E-state index in [9.17, 15) is 14.4 Å². The third-order valence-electron chi connectivity index (χ3n) is 4.83. The van der Waals surface area contributed by atoms with Crippen LogP contribution in [0.4, 0.5) is 0 Å². The monoisotopic (exact) mass is 373 g/mol. The van der Waals surface area contributed by atoms with Gasteiger partial charge in [-0.15, -0.1) is 0 Å². The summed E-state index contributed by atoms with van der Waals surface area (Å²) >= 11 is 0. The number of nitrogens with two attached hydrogens (primary N) is 1. The van der Waals surface area contributed by atoms with Crippen molar-refractivity contribution < 1.29 is 4.79 Å². The van der Waals surface area contributed by atoms with Crippen LogP contribution in [0.25, 0.3) is 17.1 Å². The Balaban J connectivity index is 2.50. The largest absolute Gasteiger partial charge is 0.368 e. The molecule has 0 radical (unpaired) electrons. The Morgan fingerprint density at radius 1 is 1.19 bits per heavy atom. The van der Waals surface area contributed by atoms with Gasteiger partial charge in [0.1, 0.15) is 6.54 Å². The lowest BCUT2D eigenvalue weighted by molar-refractivity contribution is -0.118. The lowest BCUT2D eigenvalue weighted by atomic mass is 10.2. The number of hydrogen-bond acceptors (Lipinski definition) is 5. The minimum absolute atomic E-state index is 0.138. The van der Waals surface area contributed by atoms with Crippen molar-refractivity contribution in [3.63, 3.8) is 0 Å². The maximum absolute atomic E-state index is 13.0. The lowest BCUT2D eigenvalue weighted by Gasteiger charge is -2.14. The highest BCUT2D eigenvalue weighted by Crippen LogP contribution is 2.23. The van der Waals surface area contributed by atoms with Crippen LogP contribution in [0.3, 0.4) is 0 Å². The second-order valence-corrected chi connectivity index (χ2v) is 6.95. The van der Waals surface area contributed by atoms with Gasteiger partial charge in [0.2, 0.25) is 11.9 Å². The third kappa shape index (κ3) is 2.68. The van der Waals surface area contributed by atoms with E-state index < -0.39 is 23.7 Å². The first-order chi connectivity index (χ1) is 12.6. The number of carbonyl (C=O) groups excluding carboxylic acids is 1. The summed E-state index contributed by atoms with van der Waals surface area (Å²) in [5.74, 6) is -0.323. The Morgan fingerprint density at radius 2 is 1.81 bits per heavy atom. The number of aryl methyl sites for hydroxylation is 2. The van der Waals surface area contributed by atoms with Crippen LogP contribution in [0, 0.1) is 20.8 Å². The summed E-state index contributed by atoms with van der Waals surface area (Å²) in [6.07, 6.45) is 0. The van der Waals surface area contributed by atoms with Gasteiger partial charge in [-0.2, -0.15) is 10.1 Å². The zero-order valence-corrected chi connectivity index (χ0v) is 16.3. The summed E-state index contributed by atoms with van der Waals surface area (Å²) in [6, 6.07) is -0.138. The summed E-state index contributed by atoms with van der Waals surface area (Å²) in [5, 5.41) is 4.53. The Labute approximate surface area is 154 Å². The molecule has 0 unspecified atom stereocenters. The van der Waals surface area contributed by atoms with Gasteiger partial charge in [0.05, 0.1) is 5.69 Å². The predicted octanol–water partition coefficient (Wildman–Crippen LogP) is 0.0739. The van der Waals surface area contributed by atoms with E-state index in [1.807, 2.05) is 34.6 Å². The van der Waals surface area contributed by atoms with E-state index in [1.54, 1.807) is 9.25 Å². The average Bonchev–Trinajstić information content (AvgIpc) is 3.10. The molecule has 0 aliphatic heterocycles. The highest BCUT2D eigenvalue weighted by molar-refractivity contribution is 5.75. The standard InChI is InChI=1S/C17H23N7O3/c1-8(2)23-13-14(19-16(23)24-11(5)9(3)10(4)20-24)21(6)17(27)22(15(13)26)7-12(18)25/h8H,7H2,1-6H3,(H2,18,25). The smallest absolute Gasteiger partial charge is 0.332 e. The summed E-state index contributed by atoms with van der Waals surface area (Å²) in [4.78, 5) is 41.4. The van der Waals surface area contributed by atoms with Gasteiger partial charge in [0.25, 0.3) is 5.56 Å². The first-order valence-corrected chi connectivity index (χ1v) is 8.59. The minimum Gasteiger partial charge on any atom is -0.368 e. The third-order valence-corrected chi connectivity index (χ3v) is 4.83. The van der Waals surface area contributed by atoms with Crippen LogP contribution < -0.4 is 17.0 Å². The van der Waals surface area contributed by atoms with Crippen LogP contribution in [-0.2, 0) is 18.4 Å². The Bertz CT molecular complexity index is 1190. The van der Waals surface area contributed by atoms with E-state index in [1.165, 1.54) is 11.6 Å². The maximum atomic E-state index is 13.0. The molecule has 0 spiro atoms. The minimum atomic E-state index is -0.765. The first-order valence-electron chi connectivity index (χ1n) is 8.59. The molecule has 2 N–H and O–H groups in total.